The monoisotopic (exact) mass is 644 g/mol. The zero-order chi connectivity index (χ0) is 33.6. The molecular formula is C20H17F17O4. The first-order chi connectivity index (χ1) is 17.6. The molecule has 1 N–H and O–H groups in total. The lowest BCUT2D eigenvalue weighted by atomic mass is 9.88. The minimum Gasteiger partial charge on any atom is -0.478 e. The lowest BCUT2D eigenvalue weighted by molar-refractivity contribution is -0.459. The normalized spacial score (nSPS) is 16.1. The first-order valence-electron chi connectivity index (χ1n) is 10.1. The second-order valence-corrected chi connectivity index (χ2v) is 8.94. The van der Waals surface area contributed by atoms with Gasteiger partial charge in [0.25, 0.3) is 0 Å². The minimum absolute atomic E-state index is 0.0870. The van der Waals surface area contributed by atoms with Crippen molar-refractivity contribution in [2.24, 2.45) is 0 Å². The number of hydrogen-bond donors (Lipinski definition) is 1. The van der Waals surface area contributed by atoms with E-state index in [4.69, 9.17) is 5.11 Å². The van der Waals surface area contributed by atoms with Gasteiger partial charge >= 0.3 is 59.6 Å². The molecular weight excluding hydrogens is 627 g/mol. The molecule has 0 spiro atoms. The average molecular weight is 644 g/mol. The Balaban J connectivity index is 6.57. The Bertz CT molecular complexity index is 1070. The lowest BCUT2D eigenvalue weighted by Gasteiger charge is -2.42. The average Bonchev–Trinajstić information content (AvgIpc) is 2.75. The fourth-order valence-electron chi connectivity index (χ4n) is 2.46. The highest BCUT2D eigenvalue weighted by atomic mass is 19.4. The van der Waals surface area contributed by atoms with Gasteiger partial charge in [0, 0.05) is 23.6 Å². The van der Waals surface area contributed by atoms with Crippen LogP contribution in [0.1, 0.15) is 34.1 Å². The highest BCUT2D eigenvalue weighted by Crippen LogP contribution is 2.64. The molecule has 0 aliphatic heterocycles. The summed E-state index contributed by atoms with van der Waals surface area (Å²) in [6.07, 6.45) is -9.05. The third-order valence-electron chi connectivity index (χ3n) is 5.07. The van der Waals surface area contributed by atoms with Crippen LogP contribution in [0.3, 0.4) is 0 Å². The molecule has 21 heteroatoms. The Morgan fingerprint density at radius 1 is 0.610 bits per heavy atom. The summed E-state index contributed by atoms with van der Waals surface area (Å²) in [6.45, 7) is 3.05. The van der Waals surface area contributed by atoms with Crippen molar-refractivity contribution in [3.8, 4) is 0 Å². The quantitative estimate of drug-likeness (QED) is 0.135. The molecule has 0 aromatic carbocycles. The SMILES string of the molecule is CC(=CCC(C)(C)OC(=O)C(C)=CC(F)(F)C(F)(F)C(F)(F)C(F)(F)C(F)(F)C(F)(F)C(F)(F)C(F)(F)F)C(=O)O. The van der Waals surface area contributed by atoms with Gasteiger partial charge in [-0.15, -0.1) is 0 Å². The lowest BCUT2D eigenvalue weighted by Crippen LogP contribution is -2.74. The predicted octanol–water partition coefficient (Wildman–Crippen LogP) is 7.68. The second-order valence-electron chi connectivity index (χ2n) is 8.94. The van der Waals surface area contributed by atoms with E-state index in [-0.39, 0.29) is 12.5 Å². The number of ether oxygens (including phenoxy) is 1. The predicted molar refractivity (Wildman–Crippen MR) is 101 cm³/mol. The summed E-state index contributed by atoms with van der Waals surface area (Å²) in [5, 5.41) is 8.72. The molecule has 0 bridgehead atoms. The topological polar surface area (TPSA) is 63.6 Å². The minimum atomic E-state index is -8.76. The number of alkyl halides is 17. The fraction of sp³-hybridized carbons (Fsp3) is 0.700. The Labute approximate surface area is 217 Å². The van der Waals surface area contributed by atoms with Gasteiger partial charge in [0.1, 0.15) is 5.60 Å². The number of carbonyl (C=O) groups is 2. The van der Waals surface area contributed by atoms with Crippen molar-refractivity contribution in [1.29, 1.82) is 0 Å². The number of carboxylic acid groups (broad SMARTS) is 1. The Kier molecular flexibility index (Phi) is 10.1. The summed E-state index contributed by atoms with van der Waals surface area (Å²) in [5.41, 5.74) is -4.07. The van der Waals surface area contributed by atoms with Crippen LogP contribution < -0.4 is 0 Å². The fourth-order valence-corrected chi connectivity index (χ4v) is 2.46. The van der Waals surface area contributed by atoms with E-state index in [0.717, 1.165) is 26.8 Å². The van der Waals surface area contributed by atoms with Crippen molar-refractivity contribution >= 4 is 11.9 Å². The number of carboxylic acids is 1. The van der Waals surface area contributed by atoms with Gasteiger partial charge in [0.15, 0.2) is 0 Å². The third kappa shape index (κ3) is 6.51. The van der Waals surface area contributed by atoms with Crippen LogP contribution in [0.25, 0.3) is 0 Å². The van der Waals surface area contributed by atoms with Crippen LogP contribution in [0.2, 0.25) is 0 Å². The zero-order valence-electron chi connectivity index (χ0n) is 20.5. The summed E-state index contributed by atoms with van der Waals surface area (Å²) in [6, 6.07) is 0. The molecule has 0 amide bonds. The van der Waals surface area contributed by atoms with Crippen LogP contribution >= 0.6 is 0 Å². The summed E-state index contributed by atoms with van der Waals surface area (Å²) in [5.74, 6) is -61.3. The van der Waals surface area contributed by atoms with Gasteiger partial charge in [-0.1, -0.05) is 6.08 Å². The van der Waals surface area contributed by atoms with Gasteiger partial charge in [-0.05, 0) is 27.7 Å². The van der Waals surface area contributed by atoms with Gasteiger partial charge in [-0.3, -0.25) is 0 Å². The highest BCUT2D eigenvalue weighted by Gasteiger charge is 2.95. The maximum atomic E-state index is 14.0. The van der Waals surface area contributed by atoms with Crippen molar-refractivity contribution in [2.45, 2.75) is 87.4 Å². The van der Waals surface area contributed by atoms with Crippen molar-refractivity contribution < 1.29 is 94.1 Å². The second kappa shape index (κ2) is 10.8. The standard InChI is InChI=1S/C20H17F17O4/c1-8(10(38)39)5-6-12(3,4)41-11(40)9(2)7-13(21,22)14(23,24)15(25,26)16(27,28)17(29,30)18(31,32)19(33,34)20(35,36)37/h5,7H,6H2,1-4H3,(H,38,39). The summed E-state index contributed by atoms with van der Waals surface area (Å²) in [7, 11) is 0. The highest BCUT2D eigenvalue weighted by molar-refractivity contribution is 5.88. The molecule has 0 atom stereocenters. The maximum absolute atomic E-state index is 14.0. The molecule has 0 rings (SSSR count). The van der Waals surface area contributed by atoms with Gasteiger partial charge in [0.2, 0.25) is 0 Å². The Morgan fingerprint density at radius 3 is 1.29 bits per heavy atom. The van der Waals surface area contributed by atoms with E-state index in [0.29, 0.717) is 0 Å². The summed E-state index contributed by atoms with van der Waals surface area (Å²) >= 11 is 0. The molecule has 4 nitrogen and oxygen atoms in total. The van der Waals surface area contributed by atoms with Crippen LogP contribution in [0.15, 0.2) is 23.3 Å². The summed E-state index contributed by atoms with van der Waals surface area (Å²) < 4.78 is 231. The van der Waals surface area contributed by atoms with E-state index in [2.05, 4.69) is 4.74 Å². The van der Waals surface area contributed by atoms with Gasteiger partial charge < -0.3 is 9.84 Å². The van der Waals surface area contributed by atoms with Crippen LogP contribution in [-0.4, -0.2) is 70.3 Å². The zero-order valence-corrected chi connectivity index (χ0v) is 20.5. The third-order valence-corrected chi connectivity index (χ3v) is 5.07. The first kappa shape index (κ1) is 38.2. The van der Waals surface area contributed by atoms with Crippen molar-refractivity contribution in [3.63, 3.8) is 0 Å². The number of rotatable bonds is 12. The number of hydrogen-bond acceptors (Lipinski definition) is 3. The van der Waals surface area contributed by atoms with E-state index in [1.54, 1.807) is 0 Å². The maximum Gasteiger partial charge on any atom is 0.460 e. The number of allylic oxidation sites excluding steroid dienone is 1. The van der Waals surface area contributed by atoms with E-state index in [9.17, 15) is 84.2 Å². The van der Waals surface area contributed by atoms with Crippen LogP contribution in [0, 0.1) is 0 Å². The van der Waals surface area contributed by atoms with Crippen molar-refractivity contribution in [1.82, 2.24) is 0 Å². The molecule has 0 heterocycles. The molecule has 41 heavy (non-hydrogen) atoms. The molecule has 0 saturated carbocycles. The summed E-state index contributed by atoms with van der Waals surface area (Å²) in [4.78, 5) is 22.7. The molecule has 0 aromatic rings. The molecule has 240 valence electrons. The molecule has 0 aliphatic carbocycles. The number of halogens is 17. The first-order valence-corrected chi connectivity index (χ1v) is 10.1. The van der Waals surface area contributed by atoms with Gasteiger partial charge in [0.05, 0.1) is 0 Å². The van der Waals surface area contributed by atoms with Crippen LogP contribution in [0.4, 0.5) is 74.6 Å². The molecule has 0 aromatic heterocycles. The van der Waals surface area contributed by atoms with Crippen LogP contribution in [0.5, 0.6) is 0 Å². The molecule has 0 unspecified atom stereocenters. The number of carbonyl (C=O) groups excluding carboxylic acids is 1. The van der Waals surface area contributed by atoms with E-state index >= 15 is 0 Å². The molecule has 0 fully saturated rings. The number of aliphatic carboxylic acids is 1. The Hall–Kier alpha value is -2.77. The van der Waals surface area contributed by atoms with Crippen LogP contribution in [-0.2, 0) is 14.3 Å². The van der Waals surface area contributed by atoms with E-state index in [1.165, 1.54) is 0 Å². The smallest absolute Gasteiger partial charge is 0.460 e. The van der Waals surface area contributed by atoms with Gasteiger partial charge in [-0.25, -0.2) is 9.59 Å². The van der Waals surface area contributed by atoms with Crippen molar-refractivity contribution in [3.05, 3.63) is 23.3 Å². The van der Waals surface area contributed by atoms with Crippen molar-refractivity contribution in [2.75, 3.05) is 0 Å². The number of esters is 1. The molecule has 0 radical (unpaired) electrons. The molecule has 0 saturated heterocycles. The molecule has 0 aliphatic rings. The Morgan fingerprint density at radius 2 is 0.951 bits per heavy atom. The van der Waals surface area contributed by atoms with E-state index in [1.807, 2.05) is 0 Å². The van der Waals surface area contributed by atoms with E-state index < -0.39 is 83.2 Å². The largest absolute Gasteiger partial charge is 0.478 e. The van der Waals surface area contributed by atoms with Gasteiger partial charge in [-0.2, -0.15) is 74.6 Å².